The van der Waals surface area contributed by atoms with Gasteiger partial charge in [0.25, 0.3) is 0 Å². The number of piperidine rings is 1. The Labute approximate surface area is 141 Å². The van der Waals surface area contributed by atoms with Crippen LogP contribution in [0, 0.1) is 0 Å². The zero-order valence-electron chi connectivity index (χ0n) is 15.4. The molecule has 1 amide bonds. The topological polar surface area (TPSA) is 59.0 Å². The molecule has 1 aliphatic rings. The summed E-state index contributed by atoms with van der Waals surface area (Å²) in [5, 5.41) is 8.77. The van der Waals surface area contributed by atoms with Crippen molar-refractivity contribution in [3.8, 4) is 0 Å². The van der Waals surface area contributed by atoms with Crippen LogP contribution in [0.4, 0.5) is 4.79 Å². The lowest BCUT2D eigenvalue weighted by atomic mass is 9.88. The van der Waals surface area contributed by atoms with E-state index in [9.17, 15) is 4.79 Å². The molecule has 0 unspecified atom stereocenters. The molecule has 0 aliphatic carbocycles. The van der Waals surface area contributed by atoms with Gasteiger partial charge in [-0.15, -0.1) is 0 Å². The van der Waals surface area contributed by atoms with E-state index in [-0.39, 0.29) is 18.3 Å². The Morgan fingerprint density at radius 2 is 1.74 bits per heavy atom. The van der Waals surface area contributed by atoms with Gasteiger partial charge in [0.1, 0.15) is 5.60 Å². The molecule has 1 saturated heterocycles. The van der Waals surface area contributed by atoms with Crippen LogP contribution in [-0.4, -0.2) is 53.6 Å². The number of hydrogen-bond acceptors (Lipinski definition) is 4. The van der Waals surface area contributed by atoms with Crippen LogP contribution in [0.15, 0.2) is 0 Å². The van der Waals surface area contributed by atoms with Gasteiger partial charge in [-0.2, -0.15) is 0 Å². The Morgan fingerprint density at radius 1 is 1.13 bits per heavy atom. The zero-order valence-corrected chi connectivity index (χ0v) is 15.4. The minimum absolute atomic E-state index is 0.0878. The van der Waals surface area contributed by atoms with Crippen LogP contribution in [-0.2, 0) is 9.47 Å². The average Bonchev–Trinajstić information content (AvgIpc) is 2.49. The summed E-state index contributed by atoms with van der Waals surface area (Å²) < 4.78 is 11.6. The van der Waals surface area contributed by atoms with Crippen molar-refractivity contribution in [1.29, 1.82) is 0 Å². The smallest absolute Gasteiger partial charge is 0.410 e. The fraction of sp³-hybridized carbons (Fsp3) is 0.944. The van der Waals surface area contributed by atoms with Crippen LogP contribution in [0.25, 0.3) is 0 Å². The van der Waals surface area contributed by atoms with Crippen molar-refractivity contribution in [3.05, 3.63) is 0 Å². The fourth-order valence-electron chi connectivity index (χ4n) is 2.88. The molecular weight excluding hydrogens is 294 g/mol. The normalized spacial score (nSPS) is 18.0. The number of hydrogen-bond donors (Lipinski definition) is 1. The van der Waals surface area contributed by atoms with Gasteiger partial charge in [-0.25, -0.2) is 4.79 Å². The van der Waals surface area contributed by atoms with Gasteiger partial charge in [0, 0.05) is 26.3 Å². The number of unbranched alkanes of at least 4 members (excludes halogenated alkanes) is 3. The molecule has 1 aliphatic heterocycles. The van der Waals surface area contributed by atoms with E-state index in [1.54, 1.807) is 4.90 Å². The molecule has 0 radical (unpaired) electrons. The van der Waals surface area contributed by atoms with Crippen LogP contribution < -0.4 is 0 Å². The largest absolute Gasteiger partial charge is 0.444 e. The molecule has 0 bridgehead atoms. The maximum absolute atomic E-state index is 12.1. The predicted molar refractivity (Wildman–Crippen MR) is 91.6 cm³/mol. The van der Waals surface area contributed by atoms with Crippen LogP contribution in [0.1, 0.15) is 72.6 Å². The molecule has 1 fully saturated rings. The molecule has 0 aromatic rings. The number of aliphatic hydroxyl groups excluding tert-OH is 1. The molecule has 23 heavy (non-hydrogen) atoms. The molecular formula is C18H35NO4. The lowest BCUT2D eigenvalue weighted by Crippen LogP contribution is -2.49. The van der Waals surface area contributed by atoms with E-state index in [4.69, 9.17) is 14.6 Å². The van der Waals surface area contributed by atoms with E-state index in [1.807, 2.05) is 20.8 Å². The van der Waals surface area contributed by atoms with Gasteiger partial charge in [-0.05, 0) is 52.9 Å². The fourth-order valence-corrected chi connectivity index (χ4v) is 2.88. The summed E-state index contributed by atoms with van der Waals surface area (Å²) in [6.07, 6.45) is 6.59. The first kappa shape index (κ1) is 20.2. The van der Waals surface area contributed by atoms with Crippen molar-refractivity contribution in [2.75, 3.05) is 26.3 Å². The van der Waals surface area contributed by atoms with Crippen molar-refractivity contribution in [2.45, 2.75) is 83.8 Å². The van der Waals surface area contributed by atoms with Crippen molar-refractivity contribution < 1.29 is 19.4 Å². The van der Waals surface area contributed by atoms with Crippen LogP contribution in [0.5, 0.6) is 0 Å². The number of nitrogens with zero attached hydrogens (tertiary/aromatic N) is 1. The van der Waals surface area contributed by atoms with Gasteiger partial charge >= 0.3 is 6.09 Å². The Hall–Kier alpha value is -0.810. The Morgan fingerprint density at radius 3 is 2.26 bits per heavy atom. The monoisotopic (exact) mass is 329 g/mol. The highest BCUT2D eigenvalue weighted by molar-refractivity contribution is 5.68. The van der Waals surface area contributed by atoms with E-state index >= 15 is 0 Å². The highest BCUT2D eigenvalue weighted by Gasteiger charge is 2.36. The minimum atomic E-state index is -0.443. The molecule has 1 rings (SSSR count). The summed E-state index contributed by atoms with van der Waals surface area (Å²) in [5.41, 5.74) is -0.531. The molecule has 0 atom stereocenters. The molecule has 0 saturated carbocycles. The van der Waals surface area contributed by atoms with Gasteiger partial charge in [0.2, 0.25) is 0 Å². The first-order chi connectivity index (χ1) is 10.8. The molecule has 1 N–H and O–H groups in total. The summed E-state index contributed by atoms with van der Waals surface area (Å²) in [5.74, 6) is 0. The molecule has 0 spiro atoms. The van der Waals surface area contributed by atoms with Gasteiger partial charge < -0.3 is 19.5 Å². The van der Waals surface area contributed by atoms with E-state index in [1.165, 1.54) is 0 Å². The SMILES string of the molecule is CCC1(OCCCCCCO)CCN(C(=O)OC(C)(C)C)CC1. The van der Waals surface area contributed by atoms with Crippen LogP contribution >= 0.6 is 0 Å². The van der Waals surface area contributed by atoms with Crippen LogP contribution in [0.2, 0.25) is 0 Å². The Balaban J connectivity index is 2.33. The van der Waals surface area contributed by atoms with Crippen LogP contribution in [0.3, 0.4) is 0 Å². The van der Waals surface area contributed by atoms with E-state index in [2.05, 4.69) is 6.92 Å². The number of carbonyl (C=O) groups excluding carboxylic acids is 1. The number of carbonyl (C=O) groups is 1. The number of likely N-dealkylation sites (tertiary alicyclic amines) is 1. The highest BCUT2D eigenvalue weighted by atomic mass is 16.6. The standard InChI is InChI=1S/C18H35NO4/c1-5-18(22-15-9-7-6-8-14-20)10-12-19(13-11-18)16(21)23-17(2,3)4/h20H,5-15H2,1-4H3. The van der Waals surface area contributed by atoms with Gasteiger partial charge in [-0.3, -0.25) is 0 Å². The summed E-state index contributed by atoms with van der Waals surface area (Å²) >= 11 is 0. The van der Waals surface area contributed by atoms with Gasteiger partial charge in [-0.1, -0.05) is 19.8 Å². The van der Waals surface area contributed by atoms with Gasteiger partial charge in [0.15, 0.2) is 0 Å². The van der Waals surface area contributed by atoms with E-state index < -0.39 is 5.60 Å². The zero-order chi connectivity index (χ0) is 17.3. The molecule has 136 valence electrons. The third-order valence-electron chi connectivity index (χ3n) is 4.43. The first-order valence-electron chi connectivity index (χ1n) is 9.05. The lowest BCUT2D eigenvalue weighted by molar-refractivity contribution is -0.0877. The second kappa shape index (κ2) is 9.48. The Kier molecular flexibility index (Phi) is 8.34. The molecule has 0 aromatic carbocycles. The molecule has 1 heterocycles. The van der Waals surface area contributed by atoms with Crippen molar-refractivity contribution in [1.82, 2.24) is 4.90 Å². The second-order valence-electron chi connectivity index (χ2n) is 7.49. The number of amides is 1. The van der Waals surface area contributed by atoms with Gasteiger partial charge in [0.05, 0.1) is 5.60 Å². The molecule has 0 aromatic heterocycles. The van der Waals surface area contributed by atoms with Crippen molar-refractivity contribution >= 4 is 6.09 Å². The van der Waals surface area contributed by atoms with Crippen molar-refractivity contribution in [3.63, 3.8) is 0 Å². The minimum Gasteiger partial charge on any atom is -0.444 e. The third-order valence-corrected chi connectivity index (χ3v) is 4.43. The predicted octanol–water partition coefficient (Wildman–Crippen LogP) is 3.74. The third kappa shape index (κ3) is 7.53. The number of rotatable bonds is 8. The number of aliphatic hydroxyl groups is 1. The highest BCUT2D eigenvalue weighted by Crippen LogP contribution is 2.30. The second-order valence-corrected chi connectivity index (χ2v) is 7.49. The average molecular weight is 329 g/mol. The maximum atomic E-state index is 12.1. The lowest BCUT2D eigenvalue weighted by Gasteiger charge is -2.41. The van der Waals surface area contributed by atoms with E-state index in [0.717, 1.165) is 51.6 Å². The molecule has 5 heteroatoms. The molecule has 5 nitrogen and oxygen atoms in total. The summed E-state index contributed by atoms with van der Waals surface area (Å²) in [4.78, 5) is 13.9. The summed E-state index contributed by atoms with van der Waals surface area (Å²) in [6, 6.07) is 0. The van der Waals surface area contributed by atoms with Crippen molar-refractivity contribution in [2.24, 2.45) is 0 Å². The number of ether oxygens (including phenoxy) is 2. The first-order valence-corrected chi connectivity index (χ1v) is 9.05. The quantitative estimate of drug-likeness (QED) is 0.689. The Bertz CT molecular complexity index is 343. The summed E-state index contributed by atoms with van der Waals surface area (Å²) in [6.45, 7) is 10.3. The maximum Gasteiger partial charge on any atom is 0.410 e. The van der Waals surface area contributed by atoms with E-state index in [0.29, 0.717) is 13.1 Å². The summed E-state index contributed by atoms with van der Waals surface area (Å²) in [7, 11) is 0.